The van der Waals surface area contributed by atoms with Crippen molar-refractivity contribution >= 4 is 5.97 Å². The van der Waals surface area contributed by atoms with Gasteiger partial charge in [-0.2, -0.15) is 0 Å². The van der Waals surface area contributed by atoms with Crippen LogP contribution >= 0.6 is 0 Å². The van der Waals surface area contributed by atoms with E-state index >= 15 is 0 Å². The topological polar surface area (TPSA) is 26.3 Å². The van der Waals surface area contributed by atoms with Gasteiger partial charge in [-0.3, -0.25) is 0 Å². The quantitative estimate of drug-likeness (QED) is 0.475. The molecule has 0 bridgehead atoms. The second-order valence-electron chi connectivity index (χ2n) is 4.80. The third-order valence-corrected chi connectivity index (χ3v) is 2.52. The maximum absolute atomic E-state index is 11.4. The lowest BCUT2D eigenvalue weighted by molar-refractivity contribution is -0.142. The fraction of sp³-hybridized carbons (Fsp3) is 0.769. The summed E-state index contributed by atoms with van der Waals surface area (Å²) in [5.41, 5.74) is 0.640. The first-order valence-electron chi connectivity index (χ1n) is 5.78. The summed E-state index contributed by atoms with van der Waals surface area (Å²) in [5.74, 6) is -0.248. The summed E-state index contributed by atoms with van der Waals surface area (Å²) < 4.78 is 5.22. The molecule has 0 saturated heterocycles. The van der Waals surface area contributed by atoms with Gasteiger partial charge in [0.25, 0.3) is 0 Å². The van der Waals surface area contributed by atoms with Crippen molar-refractivity contribution < 1.29 is 9.53 Å². The standard InChI is InChI=1S/C13H24O2/c1-6-8-9-13(4,5)10-15-12(14)11(3)7-2/h3,6-10H2,1-2,4-5H3. The van der Waals surface area contributed by atoms with Crippen LogP contribution in [-0.2, 0) is 9.53 Å². The average molecular weight is 212 g/mol. The minimum absolute atomic E-state index is 0.0830. The number of carbonyl (C=O) groups excluding carboxylic acids is 1. The molecule has 2 nitrogen and oxygen atoms in total. The van der Waals surface area contributed by atoms with E-state index in [0.717, 1.165) is 6.42 Å². The largest absolute Gasteiger partial charge is 0.462 e. The molecule has 0 radical (unpaired) electrons. The molecular weight excluding hydrogens is 188 g/mol. The molecule has 0 aliphatic heterocycles. The van der Waals surface area contributed by atoms with Gasteiger partial charge in [-0.25, -0.2) is 4.79 Å². The molecule has 0 saturated carbocycles. The van der Waals surface area contributed by atoms with Crippen LogP contribution < -0.4 is 0 Å². The van der Waals surface area contributed by atoms with E-state index in [4.69, 9.17) is 4.74 Å². The van der Waals surface area contributed by atoms with Crippen LogP contribution in [0, 0.1) is 5.41 Å². The number of hydrogen-bond acceptors (Lipinski definition) is 2. The van der Waals surface area contributed by atoms with E-state index in [1.54, 1.807) is 0 Å². The van der Waals surface area contributed by atoms with Crippen LogP contribution in [0.4, 0.5) is 0 Å². The number of esters is 1. The molecule has 0 aromatic rings. The summed E-state index contributed by atoms with van der Waals surface area (Å²) in [6.45, 7) is 12.5. The Morgan fingerprint density at radius 3 is 2.40 bits per heavy atom. The molecular formula is C13H24O2. The maximum Gasteiger partial charge on any atom is 0.333 e. The summed E-state index contributed by atoms with van der Waals surface area (Å²) in [5, 5.41) is 0. The Hall–Kier alpha value is -0.790. The lowest BCUT2D eigenvalue weighted by Gasteiger charge is -2.23. The molecule has 0 N–H and O–H groups in total. The first kappa shape index (κ1) is 14.2. The Balaban J connectivity index is 3.92. The van der Waals surface area contributed by atoms with Crippen LogP contribution in [0.15, 0.2) is 12.2 Å². The Morgan fingerprint density at radius 1 is 1.33 bits per heavy atom. The van der Waals surface area contributed by atoms with E-state index in [9.17, 15) is 4.79 Å². The number of hydrogen-bond donors (Lipinski definition) is 0. The van der Waals surface area contributed by atoms with E-state index in [1.165, 1.54) is 12.8 Å². The molecule has 0 rings (SSSR count). The Labute approximate surface area is 93.7 Å². The summed E-state index contributed by atoms with van der Waals surface area (Å²) in [6, 6.07) is 0. The molecule has 0 fully saturated rings. The van der Waals surface area contributed by atoms with Gasteiger partial charge in [0.15, 0.2) is 0 Å². The molecule has 0 aliphatic carbocycles. The highest BCUT2D eigenvalue weighted by molar-refractivity contribution is 5.87. The molecule has 0 amide bonds. The maximum atomic E-state index is 11.4. The van der Waals surface area contributed by atoms with Gasteiger partial charge < -0.3 is 4.74 Å². The first-order valence-corrected chi connectivity index (χ1v) is 5.78. The second-order valence-corrected chi connectivity index (χ2v) is 4.80. The minimum atomic E-state index is -0.248. The molecule has 88 valence electrons. The van der Waals surface area contributed by atoms with Crippen molar-refractivity contribution in [3.05, 3.63) is 12.2 Å². The first-order chi connectivity index (χ1) is 6.93. The number of ether oxygens (including phenoxy) is 1. The van der Waals surface area contributed by atoms with Gasteiger partial charge in [0.05, 0.1) is 6.61 Å². The molecule has 15 heavy (non-hydrogen) atoms. The van der Waals surface area contributed by atoms with Crippen molar-refractivity contribution in [1.29, 1.82) is 0 Å². The predicted molar refractivity (Wildman–Crippen MR) is 63.7 cm³/mol. The molecule has 0 spiro atoms. The lowest BCUT2D eigenvalue weighted by Crippen LogP contribution is -2.22. The molecule has 2 heteroatoms. The molecule has 0 aromatic carbocycles. The zero-order valence-electron chi connectivity index (χ0n) is 10.6. The molecule has 0 aliphatic rings. The summed E-state index contributed by atoms with van der Waals surface area (Å²) in [7, 11) is 0. The number of rotatable bonds is 7. The van der Waals surface area contributed by atoms with Crippen molar-refractivity contribution in [2.45, 2.75) is 53.4 Å². The molecule has 0 atom stereocenters. The summed E-state index contributed by atoms with van der Waals surface area (Å²) in [6.07, 6.45) is 4.11. The number of carbonyl (C=O) groups is 1. The van der Waals surface area contributed by atoms with Crippen LogP contribution in [0.25, 0.3) is 0 Å². The van der Waals surface area contributed by atoms with Crippen molar-refractivity contribution in [1.82, 2.24) is 0 Å². The Bertz CT molecular complexity index is 217. The highest BCUT2D eigenvalue weighted by Crippen LogP contribution is 2.23. The monoisotopic (exact) mass is 212 g/mol. The van der Waals surface area contributed by atoms with Gasteiger partial charge in [-0.05, 0) is 18.3 Å². The molecule has 0 heterocycles. The normalized spacial score (nSPS) is 11.2. The van der Waals surface area contributed by atoms with Crippen molar-refractivity contribution in [3.63, 3.8) is 0 Å². The molecule has 0 unspecified atom stereocenters. The van der Waals surface area contributed by atoms with E-state index in [1.807, 2.05) is 6.92 Å². The lowest BCUT2D eigenvalue weighted by atomic mass is 9.88. The van der Waals surface area contributed by atoms with Gasteiger partial charge in [0, 0.05) is 5.57 Å². The fourth-order valence-corrected chi connectivity index (χ4v) is 1.23. The van der Waals surface area contributed by atoms with Crippen LogP contribution in [0.3, 0.4) is 0 Å². The van der Waals surface area contributed by atoms with E-state index in [2.05, 4.69) is 27.4 Å². The summed E-state index contributed by atoms with van der Waals surface area (Å²) >= 11 is 0. The second kappa shape index (κ2) is 6.65. The Kier molecular flexibility index (Phi) is 6.30. The van der Waals surface area contributed by atoms with Crippen LogP contribution in [-0.4, -0.2) is 12.6 Å². The van der Waals surface area contributed by atoms with Crippen molar-refractivity contribution in [3.8, 4) is 0 Å². The minimum Gasteiger partial charge on any atom is -0.462 e. The van der Waals surface area contributed by atoms with Crippen LogP contribution in [0.5, 0.6) is 0 Å². The van der Waals surface area contributed by atoms with Crippen molar-refractivity contribution in [2.24, 2.45) is 5.41 Å². The van der Waals surface area contributed by atoms with Gasteiger partial charge in [0.2, 0.25) is 0 Å². The van der Waals surface area contributed by atoms with Gasteiger partial charge >= 0.3 is 5.97 Å². The van der Waals surface area contributed by atoms with E-state index in [-0.39, 0.29) is 11.4 Å². The van der Waals surface area contributed by atoms with Crippen LogP contribution in [0.1, 0.15) is 53.4 Å². The summed E-state index contributed by atoms with van der Waals surface area (Å²) in [4.78, 5) is 11.4. The predicted octanol–water partition coefficient (Wildman–Crippen LogP) is 3.71. The Morgan fingerprint density at radius 2 is 1.93 bits per heavy atom. The van der Waals surface area contributed by atoms with Crippen LogP contribution in [0.2, 0.25) is 0 Å². The van der Waals surface area contributed by atoms with Gasteiger partial charge in [-0.15, -0.1) is 0 Å². The van der Waals surface area contributed by atoms with E-state index < -0.39 is 0 Å². The fourth-order valence-electron chi connectivity index (χ4n) is 1.23. The van der Waals surface area contributed by atoms with E-state index in [0.29, 0.717) is 18.6 Å². The van der Waals surface area contributed by atoms with Gasteiger partial charge in [-0.1, -0.05) is 47.1 Å². The SMILES string of the molecule is C=C(CC)C(=O)OCC(C)(C)CCCC. The molecule has 0 aromatic heterocycles. The zero-order chi connectivity index (χ0) is 11.9. The third kappa shape index (κ3) is 6.32. The average Bonchev–Trinajstić information content (AvgIpc) is 2.22. The van der Waals surface area contributed by atoms with Gasteiger partial charge in [0.1, 0.15) is 0 Å². The zero-order valence-corrected chi connectivity index (χ0v) is 10.6. The highest BCUT2D eigenvalue weighted by Gasteiger charge is 2.20. The smallest absolute Gasteiger partial charge is 0.333 e. The number of unbranched alkanes of at least 4 members (excludes halogenated alkanes) is 1. The third-order valence-electron chi connectivity index (χ3n) is 2.52. The highest BCUT2D eigenvalue weighted by atomic mass is 16.5. The van der Waals surface area contributed by atoms with Crippen molar-refractivity contribution in [2.75, 3.05) is 6.61 Å².